The van der Waals surface area contributed by atoms with Gasteiger partial charge in [-0.3, -0.25) is 9.59 Å². The van der Waals surface area contributed by atoms with Crippen molar-refractivity contribution >= 4 is 11.9 Å². The Labute approximate surface area is 112 Å². The second-order valence-corrected chi connectivity index (χ2v) is 5.06. The Morgan fingerprint density at radius 1 is 1.37 bits per heavy atom. The third kappa shape index (κ3) is 3.16. The van der Waals surface area contributed by atoms with Crippen molar-refractivity contribution in [2.45, 2.75) is 32.7 Å². The summed E-state index contributed by atoms with van der Waals surface area (Å²) in [6, 6.07) is 3.41. The van der Waals surface area contributed by atoms with Crippen LogP contribution < -0.4 is 0 Å². The van der Waals surface area contributed by atoms with Crippen LogP contribution in [0.2, 0.25) is 0 Å². The molecule has 2 heterocycles. The highest BCUT2D eigenvalue weighted by atomic mass is 16.4. The first-order valence-corrected chi connectivity index (χ1v) is 6.78. The summed E-state index contributed by atoms with van der Waals surface area (Å²) in [5.74, 6) is -0.273. The molecule has 1 saturated heterocycles. The molecule has 104 valence electrons. The number of aliphatic carboxylic acids is 1. The SMILES string of the molecule is CCC1CCN(C(=O)c2cccn2CC(=O)O)CC1. The minimum absolute atomic E-state index is 0.0548. The van der Waals surface area contributed by atoms with Gasteiger partial charge >= 0.3 is 5.97 Å². The average molecular weight is 264 g/mol. The van der Waals surface area contributed by atoms with E-state index in [2.05, 4.69) is 6.92 Å². The minimum Gasteiger partial charge on any atom is -0.480 e. The first-order chi connectivity index (χ1) is 9.11. The molecule has 0 atom stereocenters. The predicted octanol–water partition coefficient (Wildman–Crippen LogP) is 1.83. The lowest BCUT2D eigenvalue weighted by Gasteiger charge is -2.31. The lowest BCUT2D eigenvalue weighted by atomic mass is 9.94. The summed E-state index contributed by atoms with van der Waals surface area (Å²) in [7, 11) is 0. The molecule has 1 amide bonds. The molecule has 1 aromatic rings. The number of carbonyl (C=O) groups excluding carboxylic acids is 1. The van der Waals surface area contributed by atoms with Crippen molar-refractivity contribution in [2.24, 2.45) is 5.92 Å². The largest absolute Gasteiger partial charge is 0.480 e. The van der Waals surface area contributed by atoms with Gasteiger partial charge in [0.25, 0.3) is 5.91 Å². The number of piperidine rings is 1. The molecule has 0 bridgehead atoms. The van der Waals surface area contributed by atoms with Gasteiger partial charge in [0, 0.05) is 19.3 Å². The molecular weight excluding hydrogens is 244 g/mol. The van der Waals surface area contributed by atoms with Gasteiger partial charge < -0.3 is 14.6 Å². The van der Waals surface area contributed by atoms with Crippen molar-refractivity contribution in [3.63, 3.8) is 0 Å². The number of carboxylic acids is 1. The zero-order valence-corrected chi connectivity index (χ0v) is 11.2. The molecule has 2 rings (SSSR count). The number of carboxylic acid groups (broad SMARTS) is 1. The predicted molar refractivity (Wildman–Crippen MR) is 71.0 cm³/mol. The maximum atomic E-state index is 12.4. The Hall–Kier alpha value is -1.78. The molecule has 1 N–H and O–H groups in total. The molecule has 0 saturated carbocycles. The summed E-state index contributed by atoms with van der Waals surface area (Å²) in [5.41, 5.74) is 0.470. The third-order valence-corrected chi connectivity index (χ3v) is 3.83. The second-order valence-electron chi connectivity index (χ2n) is 5.06. The lowest BCUT2D eigenvalue weighted by molar-refractivity contribution is -0.137. The molecule has 0 spiro atoms. The molecule has 1 aliphatic rings. The van der Waals surface area contributed by atoms with Gasteiger partial charge in [0.05, 0.1) is 0 Å². The van der Waals surface area contributed by atoms with Gasteiger partial charge in [-0.1, -0.05) is 13.3 Å². The minimum atomic E-state index is -0.935. The zero-order valence-electron chi connectivity index (χ0n) is 11.2. The molecule has 0 aromatic carbocycles. The molecule has 0 radical (unpaired) electrons. The summed E-state index contributed by atoms with van der Waals surface area (Å²) in [5, 5.41) is 8.82. The topological polar surface area (TPSA) is 62.5 Å². The van der Waals surface area contributed by atoms with Crippen LogP contribution in [0.5, 0.6) is 0 Å². The number of carbonyl (C=O) groups is 2. The van der Waals surface area contributed by atoms with E-state index in [0.717, 1.165) is 38.3 Å². The molecule has 1 aliphatic heterocycles. The molecule has 1 aromatic heterocycles. The average Bonchev–Trinajstić information content (AvgIpc) is 2.85. The van der Waals surface area contributed by atoms with Gasteiger partial charge in [0.2, 0.25) is 0 Å². The fourth-order valence-corrected chi connectivity index (χ4v) is 2.60. The lowest BCUT2D eigenvalue weighted by Crippen LogP contribution is -2.39. The van der Waals surface area contributed by atoms with E-state index in [1.807, 2.05) is 4.90 Å². The number of rotatable bonds is 4. The van der Waals surface area contributed by atoms with E-state index in [4.69, 9.17) is 5.11 Å². The summed E-state index contributed by atoms with van der Waals surface area (Å²) < 4.78 is 1.50. The van der Waals surface area contributed by atoms with E-state index in [1.165, 1.54) is 4.57 Å². The molecule has 0 unspecified atom stereocenters. The first kappa shape index (κ1) is 13.6. The molecule has 5 nitrogen and oxygen atoms in total. The van der Waals surface area contributed by atoms with Crippen LogP contribution >= 0.6 is 0 Å². The van der Waals surface area contributed by atoms with Gasteiger partial charge in [0.15, 0.2) is 0 Å². The zero-order chi connectivity index (χ0) is 13.8. The molecule has 19 heavy (non-hydrogen) atoms. The number of aromatic nitrogens is 1. The van der Waals surface area contributed by atoms with Crippen LogP contribution in [0, 0.1) is 5.92 Å². The first-order valence-electron chi connectivity index (χ1n) is 6.78. The van der Waals surface area contributed by atoms with Crippen molar-refractivity contribution in [3.05, 3.63) is 24.0 Å². The van der Waals surface area contributed by atoms with Crippen LogP contribution in [0.4, 0.5) is 0 Å². The fraction of sp³-hybridized carbons (Fsp3) is 0.571. The van der Waals surface area contributed by atoms with E-state index in [9.17, 15) is 9.59 Å². The van der Waals surface area contributed by atoms with Crippen LogP contribution in [0.1, 0.15) is 36.7 Å². The van der Waals surface area contributed by atoms with Crippen LogP contribution in [-0.4, -0.2) is 39.5 Å². The van der Waals surface area contributed by atoms with Gasteiger partial charge in [0.1, 0.15) is 12.2 Å². The summed E-state index contributed by atoms with van der Waals surface area (Å²) >= 11 is 0. The van der Waals surface area contributed by atoms with Crippen LogP contribution in [0.25, 0.3) is 0 Å². The van der Waals surface area contributed by atoms with Crippen molar-refractivity contribution < 1.29 is 14.7 Å². The molecular formula is C14H20N2O3. The normalized spacial score (nSPS) is 16.6. The Morgan fingerprint density at radius 2 is 2.05 bits per heavy atom. The van der Waals surface area contributed by atoms with Crippen molar-refractivity contribution in [1.29, 1.82) is 0 Å². The van der Waals surface area contributed by atoms with Crippen molar-refractivity contribution in [3.8, 4) is 0 Å². The smallest absolute Gasteiger partial charge is 0.323 e. The maximum Gasteiger partial charge on any atom is 0.323 e. The van der Waals surface area contributed by atoms with E-state index >= 15 is 0 Å². The molecule has 0 aliphatic carbocycles. The van der Waals surface area contributed by atoms with Gasteiger partial charge in [-0.25, -0.2) is 0 Å². The number of hydrogen-bond donors (Lipinski definition) is 1. The maximum absolute atomic E-state index is 12.4. The van der Waals surface area contributed by atoms with Gasteiger partial charge in [-0.05, 0) is 30.9 Å². The monoisotopic (exact) mass is 264 g/mol. The van der Waals surface area contributed by atoms with Gasteiger partial charge in [-0.15, -0.1) is 0 Å². The number of nitrogens with zero attached hydrogens (tertiary/aromatic N) is 2. The fourth-order valence-electron chi connectivity index (χ4n) is 2.60. The Kier molecular flexibility index (Phi) is 4.24. The van der Waals surface area contributed by atoms with E-state index in [0.29, 0.717) is 5.69 Å². The summed E-state index contributed by atoms with van der Waals surface area (Å²) in [4.78, 5) is 25.0. The summed E-state index contributed by atoms with van der Waals surface area (Å²) in [6.07, 6.45) is 4.89. The Morgan fingerprint density at radius 3 is 2.63 bits per heavy atom. The van der Waals surface area contributed by atoms with Gasteiger partial charge in [-0.2, -0.15) is 0 Å². The molecule has 1 fully saturated rings. The quantitative estimate of drug-likeness (QED) is 0.902. The second kappa shape index (κ2) is 5.91. The Balaban J connectivity index is 2.04. The van der Waals surface area contributed by atoms with Crippen LogP contribution in [0.3, 0.4) is 0 Å². The van der Waals surface area contributed by atoms with E-state index in [1.54, 1.807) is 18.3 Å². The molecule has 5 heteroatoms. The van der Waals surface area contributed by atoms with Crippen molar-refractivity contribution in [2.75, 3.05) is 13.1 Å². The van der Waals surface area contributed by atoms with E-state index in [-0.39, 0.29) is 12.5 Å². The number of amides is 1. The third-order valence-electron chi connectivity index (χ3n) is 3.83. The Bertz CT molecular complexity index is 459. The highest BCUT2D eigenvalue weighted by Gasteiger charge is 2.24. The summed E-state index contributed by atoms with van der Waals surface area (Å²) in [6.45, 7) is 3.56. The van der Waals surface area contributed by atoms with Crippen LogP contribution in [-0.2, 0) is 11.3 Å². The van der Waals surface area contributed by atoms with Crippen molar-refractivity contribution in [1.82, 2.24) is 9.47 Å². The number of likely N-dealkylation sites (tertiary alicyclic amines) is 1. The number of hydrogen-bond acceptors (Lipinski definition) is 2. The van der Waals surface area contributed by atoms with E-state index < -0.39 is 5.97 Å². The highest BCUT2D eigenvalue weighted by molar-refractivity contribution is 5.93. The highest BCUT2D eigenvalue weighted by Crippen LogP contribution is 2.21. The van der Waals surface area contributed by atoms with Crippen LogP contribution in [0.15, 0.2) is 18.3 Å². The standard InChI is InChI=1S/C14H20N2O3/c1-2-11-5-8-15(9-6-11)14(19)12-4-3-7-16(12)10-13(17)18/h3-4,7,11H,2,5-6,8-10H2,1H3,(H,17,18).